The summed E-state index contributed by atoms with van der Waals surface area (Å²) in [4.78, 5) is 12.1. The summed E-state index contributed by atoms with van der Waals surface area (Å²) in [5, 5.41) is 4.20. The maximum absolute atomic E-state index is 12.1. The van der Waals surface area contributed by atoms with Crippen molar-refractivity contribution in [2.45, 2.75) is 19.3 Å². The first-order valence-corrected chi connectivity index (χ1v) is 7.20. The van der Waals surface area contributed by atoms with E-state index in [0.29, 0.717) is 5.92 Å². The number of benzene rings is 2. The van der Waals surface area contributed by atoms with E-state index in [0.717, 1.165) is 17.7 Å². The van der Waals surface area contributed by atoms with Gasteiger partial charge in [-0.3, -0.25) is 4.79 Å². The summed E-state index contributed by atoms with van der Waals surface area (Å²) in [6.07, 6.45) is 0.912. The molecule has 0 unspecified atom stereocenters. The molecule has 106 valence electrons. The van der Waals surface area contributed by atoms with Gasteiger partial charge in [0, 0.05) is 5.92 Å². The van der Waals surface area contributed by atoms with E-state index in [2.05, 4.69) is 22.7 Å². The first-order chi connectivity index (χ1) is 10.3. The Kier molecular flexibility index (Phi) is 3.82. The molecule has 1 amide bonds. The Balaban J connectivity index is 1.59. The van der Waals surface area contributed by atoms with Crippen molar-refractivity contribution in [2.24, 2.45) is 11.0 Å². The molecular formula is C18H18N2O. The minimum atomic E-state index is 0.0131. The lowest BCUT2D eigenvalue weighted by atomic mass is 10.1. The Morgan fingerprint density at radius 3 is 2.33 bits per heavy atom. The zero-order valence-corrected chi connectivity index (χ0v) is 12.0. The van der Waals surface area contributed by atoms with E-state index in [-0.39, 0.29) is 11.8 Å². The molecule has 0 bridgehead atoms. The molecule has 2 aromatic carbocycles. The van der Waals surface area contributed by atoms with E-state index in [9.17, 15) is 4.79 Å². The number of amides is 1. The second-order valence-electron chi connectivity index (χ2n) is 5.40. The molecule has 3 nitrogen and oxygen atoms in total. The van der Waals surface area contributed by atoms with Gasteiger partial charge >= 0.3 is 0 Å². The van der Waals surface area contributed by atoms with Gasteiger partial charge in [-0.05, 0) is 30.4 Å². The van der Waals surface area contributed by atoms with Crippen LogP contribution in [0, 0.1) is 5.92 Å². The van der Waals surface area contributed by atoms with Crippen molar-refractivity contribution in [1.82, 2.24) is 5.43 Å². The minimum absolute atomic E-state index is 0.0131. The van der Waals surface area contributed by atoms with Crippen molar-refractivity contribution in [3.8, 4) is 0 Å². The molecular weight excluding hydrogens is 260 g/mol. The molecule has 0 radical (unpaired) electrons. The number of rotatable bonds is 4. The molecule has 0 saturated heterocycles. The van der Waals surface area contributed by atoms with Crippen LogP contribution in [0.2, 0.25) is 0 Å². The van der Waals surface area contributed by atoms with Gasteiger partial charge in [0.2, 0.25) is 5.91 Å². The summed E-state index contributed by atoms with van der Waals surface area (Å²) in [6, 6.07) is 20.0. The highest BCUT2D eigenvalue weighted by Crippen LogP contribution is 2.47. The fourth-order valence-corrected chi connectivity index (χ4v) is 2.52. The lowest BCUT2D eigenvalue weighted by Crippen LogP contribution is -2.21. The van der Waals surface area contributed by atoms with E-state index in [1.54, 1.807) is 0 Å². The highest BCUT2D eigenvalue weighted by atomic mass is 16.2. The summed E-state index contributed by atoms with van der Waals surface area (Å²) in [7, 11) is 0. The Labute approximate surface area is 124 Å². The lowest BCUT2D eigenvalue weighted by Gasteiger charge is -2.03. The quantitative estimate of drug-likeness (QED) is 0.676. The highest BCUT2D eigenvalue weighted by Gasteiger charge is 2.43. The number of hydrogen-bond donors (Lipinski definition) is 1. The summed E-state index contributed by atoms with van der Waals surface area (Å²) in [5.74, 6) is 0.414. The second kappa shape index (κ2) is 5.92. The van der Waals surface area contributed by atoms with E-state index in [4.69, 9.17) is 0 Å². The van der Waals surface area contributed by atoms with Gasteiger partial charge < -0.3 is 0 Å². The van der Waals surface area contributed by atoms with E-state index in [1.807, 2.05) is 55.5 Å². The molecule has 1 aliphatic rings. The van der Waals surface area contributed by atoms with Crippen LogP contribution in [0.4, 0.5) is 0 Å². The number of carbonyl (C=O) groups is 1. The molecule has 3 rings (SSSR count). The van der Waals surface area contributed by atoms with Gasteiger partial charge in [-0.2, -0.15) is 5.10 Å². The average Bonchev–Trinajstić information content (AvgIpc) is 3.35. The summed E-state index contributed by atoms with van der Waals surface area (Å²) in [5.41, 5.74) is 5.77. The van der Waals surface area contributed by atoms with Gasteiger partial charge in [0.15, 0.2) is 0 Å². The molecule has 1 fully saturated rings. The molecule has 1 N–H and O–H groups in total. The van der Waals surface area contributed by atoms with Gasteiger partial charge in [-0.1, -0.05) is 60.7 Å². The molecule has 0 aliphatic heterocycles. The van der Waals surface area contributed by atoms with Crippen LogP contribution in [-0.2, 0) is 4.79 Å². The van der Waals surface area contributed by atoms with Crippen LogP contribution in [0.5, 0.6) is 0 Å². The van der Waals surface area contributed by atoms with Crippen LogP contribution in [0.15, 0.2) is 65.8 Å². The van der Waals surface area contributed by atoms with Crippen molar-refractivity contribution in [1.29, 1.82) is 0 Å². The standard InChI is InChI=1S/C18H18N2O/c1-13(14-8-4-2-5-9-14)19-20-18(21)17-12-16(17)15-10-6-3-7-11-15/h2-11,16-17H,12H2,1H3,(H,20,21)/b19-13+/t16-,17+/m0/s1. The van der Waals surface area contributed by atoms with Crippen LogP contribution >= 0.6 is 0 Å². The van der Waals surface area contributed by atoms with Gasteiger partial charge in [-0.15, -0.1) is 0 Å². The van der Waals surface area contributed by atoms with Gasteiger partial charge in [0.25, 0.3) is 0 Å². The second-order valence-corrected chi connectivity index (χ2v) is 5.40. The fraction of sp³-hybridized carbons (Fsp3) is 0.222. The van der Waals surface area contributed by atoms with Crippen LogP contribution in [0.3, 0.4) is 0 Å². The van der Waals surface area contributed by atoms with Crippen molar-refractivity contribution in [2.75, 3.05) is 0 Å². The van der Waals surface area contributed by atoms with Gasteiger partial charge in [-0.25, -0.2) is 5.43 Å². The maximum Gasteiger partial charge on any atom is 0.243 e. The van der Waals surface area contributed by atoms with Gasteiger partial charge in [0.05, 0.1) is 5.71 Å². The van der Waals surface area contributed by atoms with Crippen molar-refractivity contribution >= 4 is 11.6 Å². The highest BCUT2D eigenvalue weighted by molar-refractivity contribution is 5.99. The Hall–Kier alpha value is -2.42. The monoisotopic (exact) mass is 278 g/mol. The Bertz CT molecular complexity index is 649. The van der Waals surface area contributed by atoms with Crippen LogP contribution < -0.4 is 5.43 Å². The van der Waals surface area contributed by atoms with Crippen molar-refractivity contribution < 1.29 is 4.79 Å². The zero-order valence-electron chi connectivity index (χ0n) is 12.0. The van der Waals surface area contributed by atoms with Gasteiger partial charge in [0.1, 0.15) is 0 Å². The normalized spacial score (nSPS) is 20.9. The summed E-state index contributed by atoms with van der Waals surface area (Å²) < 4.78 is 0. The van der Waals surface area contributed by atoms with Crippen molar-refractivity contribution in [3.63, 3.8) is 0 Å². The predicted octanol–water partition coefficient (Wildman–Crippen LogP) is 3.33. The third kappa shape index (κ3) is 3.19. The number of nitrogens with one attached hydrogen (secondary N) is 1. The topological polar surface area (TPSA) is 41.5 Å². The molecule has 0 heterocycles. The fourth-order valence-electron chi connectivity index (χ4n) is 2.52. The summed E-state index contributed by atoms with van der Waals surface area (Å²) >= 11 is 0. The molecule has 3 heteroatoms. The number of nitrogens with zero attached hydrogens (tertiary/aromatic N) is 1. The molecule has 0 aromatic heterocycles. The molecule has 2 aromatic rings. The summed E-state index contributed by atoms with van der Waals surface area (Å²) in [6.45, 7) is 1.90. The first kappa shape index (κ1) is 13.6. The maximum atomic E-state index is 12.1. The Morgan fingerprint density at radius 2 is 1.67 bits per heavy atom. The molecule has 1 saturated carbocycles. The van der Waals surface area contributed by atoms with Crippen LogP contribution in [0.1, 0.15) is 30.4 Å². The number of carbonyl (C=O) groups excluding carboxylic acids is 1. The average molecular weight is 278 g/mol. The third-order valence-electron chi connectivity index (χ3n) is 3.88. The van der Waals surface area contributed by atoms with Crippen LogP contribution in [-0.4, -0.2) is 11.6 Å². The molecule has 0 spiro atoms. The smallest absolute Gasteiger partial charge is 0.243 e. The SMILES string of the molecule is C/C(=N\NC(=O)[C@@H]1C[C@H]1c1ccccc1)c1ccccc1. The Morgan fingerprint density at radius 1 is 1.05 bits per heavy atom. The first-order valence-electron chi connectivity index (χ1n) is 7.20. The van der Waals surface area contributed by atoms with E-state index < -0.39 is 0 Å². The third-order valence-corrected chi connectivity index (χ3v) is 3.88. The largest absolute Gasteiger partial charge is 0.273 e. The molecule has 1 aliphatic carbocycles. The van der Waals surface area contributed by atoms with Crippen molar-refractivity contribution in [3.05, 3.63) is 71.8 Å². The minimum Gasteiger partial charge on any atom is -0.273 e. The van der Waals surface area contributed by atoms with Crippen LogP contribution in [0.25, 0.3) is 0 Å². The van der Waals surface area contributed by atoms with E-state index >= 15 is 0 Å². The zero-order chi connectivity index (χ0) is 14.7. The number of hydrogen-bond acceptors (Lipinski definition) is 2. The lowest BCUT2D eigenvalue weighted by molar-refractivity contribution is -0.122. The molecule has 21 heavy (non-hydrogen) atoms. The number of hydrazone groups is 1. The predicted molar refractivity (Wildman–Crippen MR) is 84.1 cm³/mol. The van der Waals surface area contributed by atoms with E-state index in [1.165, 1.54) is 5.56 Å². The molecule has 2 atom stereocenters.